The lowest BCUT2D eigenvalue weighted by molar-refractivity contribution is -0.0982. The average molecular weight is 354 g/mol. The number of benzene rings is 3. The van der Waals surface area contributed by atoms with Crippen molar-refractivity contribution in [3.05, 3.63) is 113 Å². The first-order chi connectivity index (χ1) is 13.3. The predicted molar refractivity (Wildman–Crippen MR) is 107 cm³/mol. The molecule has 2 heteroatoms. The minimum absolute atomic E-state index is 0.0988. The summed E-state index contributed by atoms with van der Waals surface area (Å²) in [4.78, 5) is 0. The van der Waals surface area contributed by atoms with Crippen molar-refractivity contribution in [2.75, 3.05) is 6.61 Å². The summed E-state index contributed by atoms with van der Waals surface area (Å²) < 4.78 is 12.7. The van der Waals surface area contributed by atoms with E-state index in [1.807, 2.05) is 18.2 Å². The van der Waals surface area contributed by atoms with Gasteiger partial charge in [0.05, 0.1) is 19.3 Å². The fraction of sp³-hybridized carbons (Fsp3) is 0.200. The monoisotopic (exact) mass is 354 g/mol. The Morgan fingerprint density at radius 3 is 2.37 bits per heavy atom. The van der Waals surface area contributed by atoms with Gasteiger partial charge in [0.15, 0.2) is 0 Å². The van der Waals surface area contributed by atoms with Crippen LogP contribution in [0.5, 0.6) is 0 Å². The first kappa shape index (κ1) is 16.5. The molecule has 27 heavy (non-hydrogen) atoms. The molecule has 2 aliphatic rings. The van der Waals surface area contributed by atoms with Crippen LogP contribution < -0.4 is 0 Å². The molecule has 134 valence electrons. The molecular formula is C25H22O2. The van der Waals surface area contributed by atoms with E-state index in [2.05, 4.69) is 72.8 Å². The van der Waals surface area contributed by atoms with E-state index in [1.165, 1.54) is 27.8 Å². The highest BCUT2D eigenvalue weighted by Gasteiger charge is 2.47. The van der Waals surface area contributed by atoms with Crippen LogP contribution in [0.15, 0.2) is 91.0 Å². The summed E-state index contributed by atoms with van der Waals surface area (Å²) in [7, 11) is 0. The first-order valence-electron chi connectivity index (χ1n) is 9.50. The highest BCUT2D eigenvalue weighted by Crippen LogP contribution is 2.52. The largest absolute Gasteiger partial charge is 0.373 e. The molecule has 0 radical (unpaired) electrons. The third-order valence-corrected chi connectivity index (χ3v) is 5.50. The average Bonchev–Trinajstić information content (AvgIpc) is 2.96. The third-order valence-electron chi connectivity index (χ3n) is 5.50. The number of hydrogen-bond acceptors (Lipinski definition) is 2. The van der Waals surface area contributed by atoms with Gasteiger partial charge in [0, 0.05) is 6.42 Å². The predicted octanol–water partition coefficient (Wildman–Crippen LogP) is 5.66. The van der Waals surface area contributed by atoms with E-state index < -0.39 is 5.60 Å². The zero-order valence-corrected chi connectivity index (χ0v) is 15.2. The minimum Gasteiger partial charge on any atom is -0.373 e. The highest BCUT2D eigenvalue weighted by molar-refractivity contribution is 5.70. The van der Waals surface area contributed by atoms with Crippen LogP contribution in [0.4, 0.5) is 0 Å². The fourth-order valence-electron chi connectivity index (χ4n) is 4.25. The van der Waals surface area contributed by atoms with Crippen molar-refractivity contribution in [2.24, 2.45) is 0 Å². The molecule has 2 heterocycles. The van der Waals surface area contributed by atoms with Crippen molar-refractivity contribution >= 4 is 5.57 Å². The van der Waals surface area contributed by atoms with Gasteiger partial charge in [0.2, 0.25) is 0 Å². The molecule has 0 saturated carbocycles. The molecule has 2 nitrogen and oxygen atoms in total. The Morgan fingerprint density at radius 2 is 1.56 bits per heavy atom. The van der Waals surface area contributed by atoms with Gasteiger partial charge in [-0.2, -0.15) is 0 Å². The van der Waals surface area contributed by atoms with Crippen LogP contribution >= 0.6 is 0 Å². The maximum absolute atomic E-state index is 6.54. The van der Waals surface area contributed by atoms with Gasteiger partial charge >= 0.3 is 0 Å². The molecule has 0 aliphatic carbocycles. The van der Waals surface area contributed by atoms with Crippen LogP contribution in [0.25, 0.3) is 5.57 Å². The fourth-order valence-corrected chi connectivity index (χ4v) is 4.25. The van der Waals surface area contributed by atoms with Gasteiger partial charge in [-0.25, -0.2) is 0 Å². The van der Waals surface area contributed by atoms with Crippen LogP contribution in [0.2, 0.25) is 0 Å². The van der Waals surface area contributed by atoms with E-state index >= 15 is 0 Å². The highest BCUT2D eigenvalue weighted by atomic mass is 16.6. The van der Waals surface area contributed by atoms with Gasteiger partial charge in [-0.1, -0.05) is 84.9 Å². The van der Waals surface area contributed by atoms with Crippen molar-refractivity contribution in [1.82, 2.24) is 0 Å². The van der Waals surface area contributed by atoms with Crippen LogP contribution in [0.3, 0.4) is 0 Å². The quantitative estimate of drug-likeness (QED) is 0.589. The molecule has 2 bridgehead atoms. The van der Waals surface area contributed by atoms with E-state index in [9.17, 15) is 0 Å². The van der Waals surface area contributed by atoms with Crippen molar-refractivity contribution in [2.45, 2.75) is 24.7 Å². The van der Waals surface area contributed by atoms with Gasteiger partial charge in [0.25, 0.3) is 0 Å². The molecule has 3 aromatic rings. The zero-order valence-electron chi connectivity index (χ0n) is 15.2. The topological polar surface area (TPSA) is 18.5 Å². The van der Waals surface area contributed by atoms with E-state index in [1.54, 1.807) is 0 Å². The second-order valence-electron chi connectivity index (χ2n) is 7.30. The number of hydrogen-bond donors (Lipinski definition) is 0. The maximum atomic E-state index is 6.54. The SMILES string of the molecule is C1=C(c2ccccc2)C[C@@H]2O[C@@]1(COCc1ccccc1)c1ccccc12. The van der Waals surface area contributed by atoms with Crippen LogP contribution in [-0.2, 0) is 21.7 Å². The van der Waals surface area contributed by atoms with Crippen molar-refractivity contribution in [1.29, 1.82) is 0 Å². The lowest BCUT2D eigenvalue weighted by Crippen LogP contribution is -2.32. The minimum atomic E-state index is -0.501. The van der Waals surface area contributed by atoms with Crippen molar-refractivity contribution < 1.29 is 9.47 Å². The molecule has 0 N–H and O–H groups in total. The Labute approximate surface area is 160 Å². The Balaban J connectivity index is 1.48. The summed E-state index contributed by atoms with van der Waals surface area (Å²) in [6.07, 6.45) is 3.29. The Kier molecular flexibility index (Phi) is 4.16. The normalized spacial score (nSPS) is 23.0. The summed E-state index contributed by atoms with van der Waals surface area (Å²) in [6.45, 7) is 1.11. The summed E-state index contributed by atoms with van der Waals surface area (Å²) in [5.74, 6) is 0. The molecule has 2 aliphatic heterocycles. The lowest BCUT2D eigenvalue weighted by Gasteiger charge is -2.32. The smallest absolute Gasteiger partial charge is 0.136 e. The summed E-state index contributed by atoms with van der Waals surface area (Å²) in [5.41, 5.74) is 5.83. The maximum Gasteiger partial charge on any atom is 0.136 e. The summed E-state index contributed by atoms with van der Waals surface area (Å²) >= 11 is 0. The van der Waals surface area contributed by atoms with Gasteiger partial charge < -0.3 is 9.47 Å². The third kappa shape index (κ3) is 3.01. The number of ether oxygens (including phenoxy) is 2. The van der Waals surface area contributed by atoms with Crippen molar-refractivity contribution in [3.8, 4) is 0 Å². The Bertz CT molecular complexity index is 962. The standard InChI is InChI=1S/C25H22O2/c1-3-9-19(10-4-1)17-26-18-25-16-21(20-11-5-2-6-12-20)15-24(27-25)22-13-7-8-14-23(22)25/h1-14,16,24H,15,17-18H2/t24-,25-/m0/s1. The molecule has 2 atom stereocenters. The van der Waals surface area contributed by atoms with E-state index in [0.717, 1.165) is 6.42 Å². The van der Waals surface area contributed by atoms with E-state index in [-0.39, 0.29) is 6.10 Å². The summed E-state index contributed by atoms with van der Waals surface area (Å²) in [6, 6.07) is 29.5. The second kappa shape index (κ2) is 6.80. The van der Waals surface area contributed by atoms with Gasteiger partial charge in [-0.3, -0.25) is 0 Å². The molecule has 5 rings (SSSR count). The van der Waals surface area contributed by atoms with Crippen LogP contribution in [0.1, 0.15) is 34.8 Å². The lowest BCUT2D eigenvalue weighted by atomic mass is 9.90. The molecule has 0 amide bonds. The van der Waals surface area contributed by atoms with Crippen LogP contribution in [-0.4, -0.2) is 6.61 Å². The van der Waals surface area contributed by atoms with E-state index in [0.29, 0.717) is 13.2 Å². The first-order valence-corrected chi connectivity index (χ1v) is 9.50. The number of fused-ring (bicyclic) bond motifs is 5. The second-order valence-corrected chi connectivity index (χ2v) is 7.30. The number of rotatable bonds is 5. The summed E-state index contributed by atoms with van der Waals surface area (Å²) in [5, 5.41) is 0. The molecule has 0 saturated heterocycles. The van der Waals surface area contributed by atoms with Gasteiger partial charge in [-0.15, -0.1) is 0 Å². The van der Waals surface area contributed by atoms with Crippen LogP contribution in [0, 0.1) is 0 Å². The molecule has 0 unspecified atom stereocenters. The zero-order chi connectivity index (χ0) is 18.1. The van der Waals surface area contributed by atoms with E-state index in [4.69, 9.17) is 9.47 Å². The Hall–Kier alpha value is -2.68. The molecule has 3 aromatic carbocycles. The van der Waals surface area contributed by atoms with Gasteiger partial charge in [0.1, 0.15) is 5.60 Å². The Morgan fingerprint density at radius 1 is 0.852 bits per heavy atom. The molecule has 0 fully saturated rings. The molecule has 0 aromatic heterocycles. The molecule has 0 spiro atoms. The molecular weight excluding hydrogens is 332 g/mol. The van der Waals surface area contributed by atoms with Gasteiger partial charge in [-0.05, 0) is 33.9 Å². The van der Waals surface area contributed by atoms with Crippen molar-refractivity contribution in [3.63, 3.8) is 0 Å².